The molecule has 0 fully saturated rings. The molecule has 0 N–H and O–H groups in total. The minimum absolute atomic E-state index is 0.673. The van der Waals surface area contributed by atoms with Gasteiger partial charge in [0.1, 0.15) is 0 Å². The highest BCUT2D eigenvalue weighted by atomic mass is 28.4. The fraction of sp³-hybridized carbons (Fsp3) is 1.00. The number of rotatable bonds is 10. The Kier molecular flexibility index (Phi) is 13.4. The van der Waals surface area contributed by atoms with Crippen LogP contribution < -0.4 is 0 Å². The van der Waals surface area contributed by atoms with E-state index in [0.29, 0.717) is 19.8 Å². The Morgan fingerprint density at radius 1 is 0.591 bits per heavy atom. The van der Waals surface area contributed by atoms with Crippen LogP contribution >= 0.6 is 0 Å². The first-order valence-corrected chi connectivity index (χ1v) is 17.3. The van der Waals surface area contributed by atoms with E-state index < -0.39 is 25.4 Å². The fourth-order valence-electron chi connectivity index (χ4n) is 2.23. The van der Waals surface area contributed by atoms with Crippen LogP contribution in [0.5, 0.6) is 0 Å². The normalized spacial score (nSPS) is 12.8. The molecule has 0 aliphatic carbocycles. The van der Waals surface area contributed by atoms with E-state index in [9.17, 15) is 0 Å². The van der Waals surface area contributed by atoms with Gasteiger partial charge in [0, 0.05) is 25.9 Å². The van der Waals surface area contributed by atoms with Gasteiger partial charge in [-0.3, -0.25) is 0 Å². The Bertz CT molecular complexity index is 221. The summed E-state index contributed by atoms with van der Waals surface area (Å²) in [6.07, 6.45) is 1.05. The number of hydrogen-bond acceptors (Lipinski definition) is 4. The van der Waals surface area contributed by atoms with Crippen molar-refractivity contribution < 1.29 is 17.4 Å². The summed E-state index contributed by atoms with van der Waals surface area (Å²) >= 11 is 0. The third kappa shape index (κ3) is 15.4. The summed E-state index contributed by atoms with van der Waals surface area (Å²) in [6, 6.07) is 0.919. The van der Waals surface area contributed by atoms with Crippen molar-refractivity contribution in [3.05, 3.63) is 0 Å². The molecule has 0 aromatic rings. The van der Waals surface area contributed by atoms with Crippen molar-refractivity contribution in [1.29, 1.82) is 0 Å². The highest BCUT2D eigenvalue weighted by molar-refractivity contribution is 6.83. The molecular formula is C15H40O4Si3. The maximum absolute atomic E-state index is 5.90. The maximum atomic E-state index is 5.90. The van der Waals surface area contributed by atoms with E-state index in [1.165, 1.54) is 0 Å². The van der Waals surface area contributed by atoms with Gasteiger partial charge in [-0.1, -0.05) is 13.3 Å². The molecule has 0 aliphatic rings. The standard InChI is InChI=1S/C9H22O3Si.C6H18OSi2/c1-5-9-13(10-6-2,11-7-3)12-8-4;1-8(2,3)7-9(4,5)6/h5-9H2,1-4H3;1-6H3. The average Bonchev–Trinajstić information content (AvgIpc) is 2.26. The second-order valence-electron chi connectivity index (χ2n) is 7.06. The highest BCUT2D eigenvalue weighted by Crippen LogP contribution is 2.17. The van der Waals surface area contributed by atoms with E-state index in [0.717, 1.165) is 12.5 Å². The predicted molar refractivity (Wildman–Crippen MR) is 104 cm³/mol. The third-order valence-corrected chi connectivity index (χ3v) is 10.5. The average molecular weight is 369 g/mol. The first kappa shape index (κ1) is 24.7. The van der Waals surface area contributed by atoms with Crippen molar-refractivity contribution in [2.45, 2.75) is 79.4 Å². The molecule has 0 atom stereocenters. The Morgan fingerprint density at radius 2 is 0.909 bits per heavy atom. The molecule has 0 saturated heterocycles. The topological polar surface area (TPSA) is 36.9 Å². The van der Waals surface area contributed by atoms with Crippen molar-refractivity contribution in [1.82, 2.24) is 0 Å². The Morgan fingerprint density at radius 3 is 1.05 bits per heavy atom. The fourth-order valence-corrected chi connectivity index (χ4v) is 12.2. The summed E-state index contributed by atoms with van der Waals surface area (Å²) in [7, 11) is -4.76. The van der Waals surface area contributed by atoms with Crippen molar-refractivity contribution in [3.63, 3.8) is 0 Å². The van der Waals surface area contributed by atoms with Gasteiger partial charge in [0.05, 0.1) is 0 Å². The largest absolute Gasteiger partial charge is 0.500 e. The molecule has 0 aromatic carbocycles. The maximum Gasteiger partial charge on any atom is 0.500 e. The van der Waals surface area contributed by atoms with Crippen LogP contribution in [-0.2, 0) is 17.4 Å². The zero-order chi connectivity index (χ0) is 17.9. The first-order valence-electron chi connectivity index (χ1n) is 8.57. The lowest BCUT2D eigenvalue weighted by atomic mass is 10.6. The Hall–Kier alpha value is 0.491. The van der Waals surface area contributed by atoms with Crippen molar-refractivity contribution >= 4 is 25.4 Å². The molecular weight excluding hydrogens is 328 g/mol. The Labute approximate surface area is 142 Å². The molecule has 0 aliphatic heterocycles. The third-order valence-electron chi connectivity index (χ3n) is 2.26. The molecule has 0 bridgehead atoms. The van der Waals surface area contributed by atoms with Crippen LogP contribution in [0, 0.1) is 0 Å². The van der Waals surface area contributed by atoms with Gasteiger partial charge in [0.25, 0.3) is 0 Å². The second-order valence-corrected chi connectivity index (χ2v) is 19.1. The van der Waals surface area contributed by atoms with E-state index in [-0.39, 0.29) is 0 Å². The van der Waals surface area contributed by atoms with Crippen LogP contribution in [0.2, 0.25) is 45.3 Å². The zero-order valence-electron chi connectivity index (χ0n) is 16.7. The second kappa shape index (κ2) is 11.9. The molecule has 0 amide bonds. The predicted octanol–water partition coefficient (Wildman–Crippen LogP) is 5.12. The van der Waals surface area contributed by atoms with E-state index in [2.05, 4.69) is 46.2 Å². The lowest BCUT2D eigenvalue weighted by Crippen LogP contribution is -2.45. The minimum atomic E-state index is -2.30. The molecule has 0 radical (unpaired) electrons. The van der Waals surface area contributed by atoms with E-state index in [4.69, 9.17) is 17.4 Å². The molecule has 0 unspecified atom stereocenters. The smallest absolute Gasteiger partial charge is 0.456 e. The summed E-state index contributed by atoms with van der Waals surface area (Å²) in [5.41, 5.74) is 0. The van der Waals surface area contributed by atoms with Crippen LogP contribution in [0.15, 0.2) is 0 Å². The molecule has 0 rings (SSSR count). The Balaban J connectivity index is 0. The summed E-state index contributed by atoms with van der Waals surface area (Å²) < 4.78 is 22.8. The molecule has 0 saturated carbocycles. The van der Waals surface area contributed by atoms with Crippen LogP contribution in [0.25, 0.3) is 0 Å². The molecule has 22 heavy (non-hydrogen) atoms. The number of hydrogen-bond donors (Lipinski definition) is 0. The molecule has 0 aromatic heterocycles. The van der Waals surface area contributed by atoms with Gasteiger partial charge in [0.2, 0.25) is 0 Å². The van der Waals surface area contributed by atoms with Gasteiger partial charge in [-0.2, -0.15) is 0 Å². The summed E-state index contributed by atoms with van der Waals surface area (Å²) in [5.74, 6) is 0. The molecule has 0 heterocycles. The van der Waals surface area contributed by atoms with E-state index in [1.54, 1.807) is 0 Å². The van der Waals surface area contributed by atoms with Crippen LogP contribution in [0.3, 0.4) is 0 Å². The van der Waals surface area contributed by atoms with Crippen LogP contribution in [0.4, 0.5) is 0 Å². The van der Waals surface area contributed by atoms with E-state index >= 15 is 0 Å². The highest BCUT2D eigenvalue weighted by Gasteiger charge is 2.38. The van der Waals surface area contributed by atoms with Crippen molar-refractivity contribution in [3.8, 4) is 0 Å². The summed E-state index contributed by atoms with van der Waals surface area (Å²) in [4.78, 5) is 0. The van der Waals surface area contributed by atoms with E-state index in [1.807, 2.05) is 20.8 Å². The quantitative estimate of drug-likeness (QED) is 0.502. The molecule has 7 heteroatoms. The van der Waals surface area contributed by atoms with Gasteiger partial charge in [-0.05, 0) is 60.1 Å². The van der Waals surface area contributed by atoms with Crippen LogP contribution in [-0.4, -0.2) is 45.3 Å². The molecule has 4 nitrogen and oxygen atoms in total. The van der Waals surface area contributed by atoms with Crippen molar-refractivity contribution in [2.24, 2.45) is 0 Å². The van der Waals surface area contributed by atoms with Gasteiger partial charge in [0.15, 0.2) is 16.6 Å². The van der Waals surface area contributed by atoms with Gasteiger partial charge >= 0.3 is 8.80 Å². The van der Waals surface area contributed by atoms with Gasteiger partial charge in [-0.15, -0.1) is 0 Å². The lowest BCUT2D eigenvalue weighted by Gasteiger charge is -2.27. The minimum Gasteiger partial charge on any atom is -0.456 e. The lowest BCUT2D eigenvalue weighted by molar-refractivity contribution is 0.0712. The van der Waals surface area contributed by atoms with Crippen molar-refractivity contribution in [2.75, 3.05) is 19.8 Å². The van der Waals surface area contributed by atoms with Gasteiger partial charge < -0.3 is 17.4 Å². The summed E-state index contributed by atoms with van der Waals surface area (Å²) in [6.45, 7) is 23.5. The molecule has 136 valence electrons. The summed E-state index contributed by atoms with van der Waals surface area (Å²) in [5, 5.41) is 0. The first-order chi connectivity index (χ1) is 9.95. The molecule has 0 spiro atoms. The van der Waals surface area contributed by atoms with Crippen LogP contribution in [0.1, 0.15) is 34.1 Å². The zero-order valence-corrected chi connectivity index (χ0v) is 19.7. The SMILES string of the molecule is CCC[Si](OCC)(OCC)OCC.C[Si](C)(C)O[Si](C)(C)C. The monoisotopic (exact) mass is 368 g/mol. The van der Waals surface area contributed by atoms with Gasteiger partial charge in [-0.25, -0.2) is 0 Å².